The van der Waals surface area contributed by atoms with E-state index >= 15 is 0 Å². The van der Waals surface area contributed by atoms with E-state index in [4.69, 9.17) is 0 Å². The number of piperidine rings is 1. The number of likely N-dealkylation sites (tertiary alicyclic amines) is 1. The largest absolute Gasteiger partial charge is 0.338 e. The van der Waals surface area contributed by atoms with E-state index in [0.717, 1.165) is 36.0 Å². The van der Waals surface area contributed by atoms with Crippen molar-refractivity contribution in [2.24, 2.45) is 0 Å². The molecule has 4 aromatic rings. The van der Waals surface area contributed by atoms with E-state index in [9.17, 15) is 14.4 Å². The van der Waals surface area contributed by atoms with Gasteiger partial charge in [-0.1, -0.05) is 23.5 Å². The fraction of sp³-hybridized carbons (Fsp3) is 0.348. The van der Waals surface area contributed by atoms with Crippen LogP contribution in [0.4, 0.5) is 5.13 Å². The van der Waals surface area contributed by atoms with Crippen molar-refractivity contribution in [3.05, 3.63) is 51.4 Å². The second kappa shape index (κ2) is 8.68. The molecule has 1 N–H and O–H groups in total. The van der Waals surface area contributed by atoms with Crippen molar-refractivity contribution in [1.82, 2.24) is 19.4 Å². The van der Waals surface area contributed by atoms with Gasteiger partial charge >= 0.3 is 0 Å². The molecule has 1 unspecified atom stereocenters. The molecule has 1 aliphatic rings. The fourth-order valence-electron chi connectivity index (χ4n) is 4.27. The third kappa shape index (κ3) is 4.04. The number of anilines is 1. The van der Waals surface area contributed by atoms with Crippen LogP contribution < -0.4 is 10.9 Å². The maximum Gasteiger partial charge on any atom is 0.267 e. The summed E-state index contributed by atoms with van der Waals surface area (Å²) in [7, 11) is 0. The maximum atomic E-state index is 13.2. The van der Waals surface area contributed by atoms with Gasteiger partial charge in [0.1, 0.15) is 11.4 Å². The SMILES string of the molecule is Cc1c(C(=O)Nc2nc3ccccc3s2)sc2ncn(CC(=O)N3CCCCC3C)c(=O)c12. The zero-order valence-corrected chi connectivity index (χ0v) is 20.0. The zero-order valence-electron chi connectivity index (χ0n) is 18.3. The highest BCUT2D eigenvalue weighted by Gasteiger charge is 2.25. The Morgan fingerprint density at radius 2 is 2.03 bits per heavy atom. The van der Waals surface area contributed by atoms with Gasteiger partial charge in [-0.25, -0.2) is 9.97 Å². The molecule has 2 amide bonds. The molecule has 1 saturated heterocycles. The molecule has 1 atom stereocenters. The first-order chi connectivity index (χ1) is 15.9. The molecule has 8 nitrogen and oxygen atoms in total. The summed E-state index contributed by atoms with van der Waals surface area (Å²) in [6.45, 7) is 4.46. The number of hydrogen-bond acceptors (Lipinski definition) is 7. The van der Waals surface area contributed by atoms with E-state index in [1.807, 2.05) is 36.1 Å². The van der Waals surface area contributed by atoms with Crippen LogP contribution in [0.15, 0.2) is 35.4 Å². The van der Waals surface area contributed by atoms with Gasteiger partial charge in [-0.3, -0.25) is 24.3 Å². The molecule has 33 heavy (non-hydrogen) atoms. The Morgan fingerprint density at radius 1 is 1.21 bits per heavy atom. The van der Waals surface area contributed by atoms with Gasteiger partial charge in [0.05, 0.1) is 26.8 Å². The molecule has 1 aromatic carbocycles. The van der Waals surface area contributed by atoms with Crippen LogP contribution in [0.2, 0.25) is 0 Å². The lowest BCUT2D eigenvalue weighted by molar-refractivity contribution is -0.135. The number of carbonyl (C=O) groups is 2. The third-order valence-corrected chi connectivity index (χ3v) is 8.22. The van der Waals surface area contributed by atoms with Crippen LogP contribution in [0.3, 0.4) is 0 Å². The maximum absolute atomic E-state index is 13.2. The quantitative estimate of drug-likeness (QED) is 0.475. The molecule has 0 radical (unpaired) electrons. The number of rotatable bonds is 4. The number of thiazole rings is 1. The minimum absolute atomic E-state index is 0.0470. The highest BCUT2D eigenvalue weighted by atomic mass is 32.1. The molecule has 4 heterocycles. The van der Waals surface area contributed by atoms with Crippen LogP contribution in [0, 0.1) is 6.92 Å². The lowest BCUT2D eigenvalue weighted by atomic mass is 10.0. The monoisotopic (exact) mass is 481 g/mol. The van der Waals surface area contributed by atoms with E-state index in [-0.39, 0.29) is 30.0 Å². The van der Waals surface area contributed by atoms with Crippen molar-refractivity contribution in [3.63, 3.8) is 0 Å². The van der Waals surface area contributed by atoms with Gasteiger partial charge in [0, 0.05) is 12.6 Å². The molecule has 0 saturated carbocycles. The second-order valence-electron chi connectivity index (χ2n) is 8.29. The molecule has 10 heteroatoms. The number of para-hydroxylation sites is 1. The Bertz CT molecular complexity index is 1400. The smallest absolute Gasteiger partial charge is 0.267 e. The number of fused-ring (bicyclic) bond motifs is 2. The predicted molar refractivity (Wildman–Crippen MR) is 131 cm³/mol. The van der Waals surface area contributed by atoms with Gasteiger partial charge in [0.15, 0.2) is 5.13 Å². The van der Waals surface area contributed by atoms with Crippen LogP contribution in [-0.2, 0) is 11.3 Å². The Balaban J connectivity index is 1.41. The first-order valence-electron chi connectivity index (χ1n) is 10.9. The van der Waals surface area contributed by atoms with Crippen LogP contribution in [-0.4, -0.2) is 43.8 Å². The summed E-state index contributed by atoms with van der Waals surface area (Å²) in [5, 5.41) is 3.73. The summed E-state index contributed by atoms with van der Waals surface area (Å²) in [5.74, 6) is -0.397. The van der Waals surface area contributed by atoms with E-state index in [1.165, 1.54) is 33.6 Å². The van der Waals surface area contributed by atoms with Gasteiger partial charge in [0.2, 0.25) is 5.91 Å². The minimum Gasteiger partial charge on any atom is -0.338 e. The van der Waals surface area contributed by atoms with E-state index in [0.29, 0.717) is 25.8 Å². The number of carbonyl (C=O) groups excluding carboxylic acids is 2. The molecule has 5 rings (SSSR count). The topological polar surface area (TPSA) is 97.2 Å². The van der Waals surface area contributed by atoms with E-state index in [1.54, 1.807) is 6.92 Å². The van der Waals surface area contributed by atoms with Crippen LogP contribution in [0.1, 0.15) is 41.4 Å². The summed E-state index contributed by atoms with van der Waals surface area (Å²) < 4.78 is 2.33. The zero-order chi connectivity index (χ0) is 23.1. The molecule has 1 aliphatic heterocycles. The van der Waals surface area contributed by atoms with E-state index in [2.05, 4.69) is 15.3 Å². The summed E-state index contributed by atoms with van der Waals surface area (Å²) in [6.07, 6.45) is 4.49. The highest BCUT2D eigenvalue weighted by Crippen LogP contribution is 2.30. The number of hydrogen-bond donors (Lipinski definition) is 1. The van der Waals surface area contributed by atoms with Gasteiger partial charge in [-0.05, 0) is 50.8 Å². The number of aromatic nitrogens is 3. The molecule has 0 spiro atoms. The molecule has 0 bridgehead atoms. The van der Waals surface area contributed by atoms with Crippen molar-refractivity contribution < 1.29 is 9.59 Å². The number of amides is 2. The van der Waals surface area contributed by atoms with Crippen LogP contribution in [0.25, 0.3) is 20.4 Å². The average molecular weight is 482 g/mol. The third-order valence-electron chi connectivity index (χ3n) is 6.07. The number of aryl methyl sites for hydroxylation is 1. The second-order valence-corrected chi connectivity index (χ2v) is 10.3. The number of nitrogens with one attached hydrogen (secondary N) is 1. The van der Waals surface area contributed by atoms with Gasteiger partial charge in [-0.15, -0.1) is 11.3 Å². The average Bonchev–Trinajstić information content (AvgIpc) is 3.36. The first-order valence-corrected chi connectivity index (χ1v) is 12.5. The Kier molecular flexibility index (Phi) is 5.71. The van der Waals surface area contributed by atoms with Gasteiger partial charge < -0.3 is 4.90 Å². The minimum atomic E-state index is -0.321. The number of benzene rings is 1. The Morgan fingerprint density at radius 3 is 2.82 bits per heavy atom. The fourth-order valence-corrected chi connectivity index (χ4v) is 6.17. The molecular formula is C23H23N5O3S2. The highest BCUT2D eigenvalue weighted by molar-refractivity contribution is 7.23. The van der Waals surface area contributed by atoms with Crippen LogP contribution >= 0.6 is 22.7 Å². The normalized spacial score (nSPS) is 16.4. The summed E-state index contributed by atoms with van der Waals surface area (Å²) in [6, 6.07) is 7.85. The number of thiophene rings is 1. The van der Waals surface area contributed by atoms with Gasteiger partial charge in [0.25, 0.3) is 11.5 Å². The first kappa shape index (κ1) is 21.7. The molecule has 170 valence electrons. The van der Waals surface area contributed by atoms with Crippen molar-refractivity contribution in [1.29, 1.82) is 0 Å². The lowest BCUT2D eigenvalue weighted by Crippen LogP contribution is -2.44. The van der Waals surface area contributed by atoms with Crippen molar-refractivity contribution >= 4 is 60.1 Å². The lowest BCUT2D eigenvalue weighted by Gasteiger charge is -2.33. The molecule has 1 fully saturated rings. The van der Waals surface area contributed by atoms with Crippen LogP contribution in [0.5, 0.6) is 0 Å². The molecule has 3 aromatic heterocycles. The number of nitrogens with zero attached hydrogens (tertiary/aromatic N) is 4. The van der Waals surface area contributed by atoms with E-state index < -0.39 is 0 Å². The summed E-state index contributed by atoms with van der Waals surface area (Å²) >= 11 is 2.57. The molecular weight excluding hydrogens is 458 g/mol. The summed E-state index contributed by atoms with van der Waals surface area (Å²) in [5.41, 5.74) is 1.09. The Hall–Kier alpha value is -3.11. The molecule has 0 aliphatic carbocycles. The summed E-state index contributed by atoms with van der Waals surface area (Å²) in [4.78, 5) is 50.5. The Labute approximate surface area is 197 Å². The predicted octanol–water partition coefficient (Wildman–Crippen LogP) is 4.03. The van der Waals surface area contributed by atoms with Crippen molar-refractivity contribution in [2.45, 2.75) is 45.7 Å². The van der Waals surface area contributed by atoms with Crippen molar-refractivity contribution in [3.8, 4) is 0 Å². The standard InChI is InChI=1S/C23H23N5O3S2/c1-13-7-5-6-10-28(13)17(29)11-27-12-24-21-18(22(27)31)14(2)19(33-21)20(30)26-23-25-15-8-3-4-9-16(15)32-23/h3-4,8-9,12-13H,5-7,10-11H2,1-2H3,(H,25,26,30). The van der Waals surface area contributed by atoms with Gasteiger partial charge in [-0.2, -0.15) is 0 Å². The van der Waals surface area contributed by atoms with Crippen molar-refractivity contribution in [2.75, 3.05) is 11.9 Å².